The van der Waals surface area contributed by atoms with Crippen molar-refractivity contribution in [3.05, 3.63) is 64.7 Å². The second-order valence-corrected chi connectivity index (χ2v) is 5.30. The van der Waals surface area contributed by atoms with Gasteiger partial charge in [-0.1, -0.05) is 42.0 Å². The van der Waals surface area contributed by atoms with Crippen molar-refractivity contribution in [3.8, 4) is 0 Å². The molecule has 0 atom stereocenters. The molecule has 0 fully saturated rings. The van der Waals surface area contributed by atoms with Crippen molar-refractivity contribution in [2.24, 2.45) is 0 Å². The number of benzene rings is 2. The van der Waals surface area contributed by atoms with Crippen molar-refractivity contribution in [1.29, 1.82) is 0 Å². The molecular formula is C17H22N2. The largest absolute Gasteiger partial charge is 0.398 e. The number of hydrogen-bond donors (Lipinski definition) is 1. The Balaban J connectivity index is 2.07. The highest BCUT2D eigenvalue weighted by Gasteiger charge is 2.06. The Morgan fingerprint density at radius 1 is 0.947 bits per heavy atom. The average Bonchev–Trinajstić information content (AvgIpc) is 2.37. The van der Waals surface area contributed by atoms with Crippen LogP contribution < -0.4 is 5.73 Å². The number of anilines is 1. The average molecular weight is 254 g/mol. The van der Waals surface area contributed by atoms with E-state index in [1.54, 1.807) is 0 Å². The van der Waals surface area contributed by atoms with E-state index in [0.29, 0.717) is 0 Å². The molecule has 0 unspecified atom stereocenters. The summed E-state index contributed by atoms with van der Waals surface area (Å²) in [6.45, 7) is 6.12. The quantitative estimate of drug-likeness (QED) is 0.846. The van der Waals surface area contributed by atoms with Crippen LogP contribution in [-0.2, 0) is 13.1 Å². The molecule has 0 radical (unpaired) electrons. The SMILES string of the molecule is Cc1ccc(C)c(CN(C)Cc2ccccc2N)c1. The van der Waals surface area contributed by atoms with E-state index in [1.165, 1.54) is 22.3 Å². The molecule has 0 aliphatic heterocycles. The first-order valence-electron chi connectivity index (χ1n) is 6.64. The fourth-order valence-electron chi connectivity index (χ4n) is 2.29. The van der Waals surface area contributed by atoms with Crippen molar-refractivity contribution in [2.45, 2.75) is 26.9 Å². The lowest BCUT2D eigenvalue weighted by Gasteiger charge is -2.19. The van der Waals surface area contributed by atoms with Gasteiger partial charge in [0.15, 0.2) is 0 Å². The summed E-state index contributed by atoms with van der Waals surface area (Å²) in [4.78, 5) is 2.30. The number of para-hydroxylation sites is 1. The van der Waals surface area contributed by atoms with Gasteiger partial charge in [-0.25, -0.2) is 0 Å². The molecular weight excluding hydrogens is 232 g/mol. The lowest BCUT2D eigenvalue weighted by atomic mass is 10.0. The zero-order chi connectivity index (χ0) is 13.8. The van der Waals surface area contributed by atoms with Crippen LogP contribution in [0.4, 0.5) is 5.69 Å². The van der Waals surface area contributed by atoms with Crippen molar-refractivity contribution in [1.82, 2.24) is 4.90 Å². The molecule has 0 spiro atoms. The summed E-state index contributed by atoms with van der Waals surface area (Å²) in [6, 6.07) is 14.7. The fourth-order valence-corrected chi connectivity index (χ4v) is 2.29. The van der Waals surface area contributed by atoms with Gasteiger partial charge in [0, 0.05) is 18.8 Å². The second kappa shape index (κ2) is 5.89. The topological polar surface area (TPSA) is 29.3 Å². The highest BCUT2D eigenvalue weighted by molar-refractivity contribution is 5.46. The predicted molar refractivity (Wildman–Crippen MR) is 81.9 cm³/mol. The molecule has 19 heavy (non-hydrogen) atoms. The number of nitrogen functional groups attached to an aromatic ring is 1. The van der Waals surface area contributed by atoms with E-state index in [4.69, 9.17) is 5.73 Å². The van der Waals surface area contributed by atoms with Crippen LogP contribution in [0.25, 0.3) is 0 Å². The molecule has 0 aliphatic carbocycles. The normalized spacial score (nSPS) is 10.9. The third kappa shape index (κ3) is 3.58. The lowest BCUT2D eigenvalue weighted by molar-refractivity contribution is 0.319. The predicted octanol–water partition coefficient (Wildman–Crippen LogP) is 3.52. The van der Waals surface area contributed by atoms with Crippen LogP contribution in [0.2, 0.25) is 0 Å². The zero-order valence-corrected chi connectivity index (χ0v) is 12.0. The third-order valence-corrected chi connectivity index (χ3v) is 3.44. The molecule has 2 heteroatoms. The van der Waals surface area contributed by atoms with Crippen LogP contribution in [0.5, 0.6) is 0 Å². The molecule has 2 aromatic rings. The first kappa shape index (κ1) is 13.6. The monoisotopic (exact) mass is 254 g/mol. The molecule has 2 rings (SSSR count). The summed E-state index contributed by atoms with van der Waals surface area (Å²) in [5.41, 5.74) is 12.1. The van der Waals surface area contributed by atoms with Gasteiger partial charge in [0.25, 0.3) is 0 Å². The van der Waals surface area contributed by atoms with E-state index >= 15 is 0 Å². The molecule has 100 valence electrons. The van der Waals surface area contributed by atoms with Crippen molar-refractivity contribution in [3.63, 3.8) is 0 Å². The first-order valence-corrected chi connectivity index (χ1v) is 6.64. The van der Waals surface area contributed by atoms with Gasteiger partial charge >= 0.3 is 0 Å². The zero-order valence-electron chi connectivity index (χ0n) is 12.0. The Morgan fingerprint density at radius 2 is 1.63 bits per heavy atom. The van der Waals surface area contributed by atoms with E-state index in [2.05, 4.69) is 50.1 Å². The molecule has 0 amide bonds. The first-order chi connectivity index (χ1) is 9.06. The van der Waals surface area contributed by atoms with Crippen LogP contribution in [-0.4, -0.2) is 11.9 Å². The minimum Gasteiger partial charge on any atom is -0.398 e. The van der Waals surface area contributed by atoms with Gasteiger partial charge in [-0.15, -0.1) is 0 Å². The number of rotatable bonds is 4. The maximum absolute atomic E-state index is 5.99. The van der Waals surface area contributed by atoms with E-state index < -0.39 is 0 Å². The molecule has 0 aromatic heterocycles. The summed E-state index contributed by atoms with van der Waals surface area (Å²) in [6.07, 6.45) is 0. The van der Waals surface area contributed by atoms with Crippen LogP contribution in [0.15, 0.2) is 42.5 Å². The summed E-state index contributed by atoms with van der Waals surface area (Å²) in [5.74, 6) is 0. The van der Waals surface area contributed by atoms with Crippen molar-refractivity contribution >= 4 is 5.69 Å². The Labute approximate surface area is 115 Å². The lowest BCUT2D eigenvalue weighted by Crippen LogP contribution is -2.18. The molecule has 0 heterocycles. The Kier molecular flexibility index (Phi) is 4.23. The van der Waals surface area contributed by atoms with Gasteiger partial charge < -0.3 is 5.73 Å². The van der Waals surface area contributed by atoms with Crippen LogP contribution >= 0.6 is 0 Å². The maximum Gasteiger partial charge on any atom is 0.0359 e. The molecule has 2 nitrogen and oxygen atoms in total. The smallest absolute Gasteiger partial charge is 0.0359 e. The Hall–Kier alpha value is -1.80. The second-order valence-electron chi connectivity index (χ2n) is 5.30. The highest BCUT2D eigenvalue weighted by atomic mass is 15.1. The number of nitrogens with two attached hydrogens (primary N) is 1. The van der Waals surface area contributed by atoms with Crippen LogP contribution in [0.1, 0.15) is 22.3 Å². The van der Waals surface area contributed by atoms with Crippen LogP contribution in [0, 0.1) is 13.8 Å². The summed E-state index contributed by atoms with van der Waals surface area (Å²) in [7, 11) is 2.13. The van der Waals surface area contributed by atoms with E-state index in [1.807, 2.05) is 18.2 Å². The molecule has 2 N–H and O–H groups in total. The van der Waals surface area contributed by atoms with Gasteiger partial charge in [-0.3, -0.25) is 4.90 Å². The van der Waals surface area contributed by atoms with E-state index in [9.17, 15) is 0 Å². The van der Waals surface area contributed by atoms with E-state index in [-0.39, 0.29) is 0 Å². The molecule has 0 bridgehead atoms. The number of hydrogen-bond acceptors (Lipinski definition) is 2. The van der Waals surface area contributed by atoms with Crippen molar-refractivity contribution in [2.75, 3.05) is 12.8 Å². The molecule has 0 aliphatic rings. The van der Waals surface area contributed by atoms with Gasteiger partial charge in [-0.05, 0) is 43.7 Å². The van der Waals surface area contributed by atoms with Gasteiger partial charge in [-0.2, -0.15) is 0 Å². The third-order valence-electron chi connectivity index (χ3n) is 3.44. The highest BCUT2D eigenvalue weighted by Crippen LogP contribution is 2.16. The molecule has 0 saturated carbocycles. The van der Waals surface area contributed by atoms with Gasteiger partial charge in [0.2, 0.25) is 0 Å². The van der Waals surface area contributed by atoms with Gasteiger partial charge in [0.05, 0.1) is 0 Å². The Morgan fingerprint density at radius 3 is 2.37 bits per heavy atom. The Bertz CT molecular complexity index is 561. The van der Waals surface area contributed by atoms with Crippen LogP contribution in [0.3, 0.4) is 0 Å². The van der Waals surface area contributed by atoms with Crippen molar-refractivity contribution < 1.29 is 0 Å². The fraction of sp³-hybridized carbons (Fsp3) is 0.294. The number of aryl methyl sites for hydroxylation is 2. The minimum atomic E-state index is 0.871. The van der Waals surface area contributed by atoms with E-state index in [0.717, 1.165) is 18.8 Å². The maximum atomic E-state index is 5.99. The summed E-state index contributed by atoms with van der Waals surface area (Å²) in [5, 5.41) is 0. The molecule has 2 aromatic carbocycles. The number of nitrogens with zero attached hydrogens (tertiary/aromatic N) is 1. The summed E-state index contributed by atoms with van der Waals surface area (Å²) < 4.78 is 0. The minimum absolute atomic E-state index is 0.871. The molecule has 0 saturated heterocycles. The van der Waals surface area contributed by atoms with Gasteiger partial charge in [0.1, 0.15) is 0 Å². The summed E-state index contributed by atoms with van der Waals surface area (Å²) >= 11 is 0. The standard InChI is InChI=1S/C17H22N2/c1-13-8-9-14(2)16(10-13)12-19(3)11-15-6-4-5-7-17(15)18/h4-10H,11-12,18H2,1-3H3.